The molecule has 0 bridgehead atoms. The van der Waals surface area contributed by atoms with Gasteiger partial charge in [0.25, 0.3) is 0 Å². The third-order valence-electron chi connectivity index (χ3n) is 3.44. The second-order valence-corrected chi connectivity index (χ2v) is 5.52. The number of hydrogen-bond donors (Lipinski definition) is 4. The van der Waals surface area contributed by atoms with Crippen LogP contribution in [0.2, 0.25) is 0 Å². The van der Waals surface area contributed by atoms with Crippen molar-refractivity contribution in [3.8, 4) is 0 Å². The maximum atomic E-state index is 10.1. The van der Waals surface area contributed by atoms with Crippen molar-refractivity contribution in [2.75, 3.05) is 0 Å². The van der Waals surface area contributed by atoms with E-state index >= 15 is 0 Å². The van der Waals surface area contributed by atoms with Gasteiger partial charge in [-0.25, -0.2) is 0 Å². The van der Waals surface area contributed by atoms with Crippen LogP contribution in [0.25, 0.3) is 0 Å². The summed E-state index contributed by atoms with van der Waals surface area (Å²) in [6.45, 7) is 0. The maximum Gasteiger partial charge on any atom is 0.113 e. The minimum atomic E-state index is -1.06. The Bertz CT molecular complexity index is 386. The molecule has 0 radical (unpaired) electrons. The number of rotatable bonds is 4. The number of thiol groups is 1. The molecule has 1 heterocycles. The first-order chi connectivity index (χ1) is 9.08. The monoisotopic (exact) mass is 284 g/mol. The lowest BCUT2D eigenvalue weighted by molar-refractivity contribution is -0.179. The molecule has 0 amide bonds. The predicted molar refractivity (Wildman–Crippen MR) is 75.0 cm³/mol. The molecule has 1 aromatic rings. The highest BCUT2D eigenvalue weighted by molar-refractivity contribution is 7.80. The SMILES string of the molecule is OC(CCc1ccccc1)C1O[C@H](S)CC(O)[C@@H]1O. The molecule has 2 rings (SSSR count). The zero-order chi connectivity index (χ0) is 13.8. The van der Waals surface area contributed by atoms with Gasteiger partial charge in [0.2, 0.25) is 0 Å². The fourth-order valence-electron chi connectivity index (χ4n) is 2.32. The summed E-state index contributed by atoms with van der Waals surface area (Å²) in [5, 5.41) is 29.6. The fraction of sp³-hybridized carbons (Fsp3) is 0.571. The molecule has 3 unspecified atom stereocenters. The van der Waals surface area contributed by atoms with E-state index < -0.39 is 29.9 Å². The molecule has 4 nitrogen and oxygen atoms in total. The van der Waals surface area contributed by atoms with Gasteiger partial charge in [0, 0.05) is 6.42 Å². The largest absolute Gasteiger partial charge is 0.390 e. The first-order valence-electron chi connectivity index (χ1n) is 6.49. The molecule has 0 aliphatic carbocycles. The molecular formula is C14H20O4S. The van der Waals surface area contributed by atoms with Crippen LogP contribution in [0.5, 0.6) is 0 Å². The van der Waals surface area contributed by atoms with Gasteiger partial charge in [0.1, 0.15) is 17.6 Å². The lowest BCUT2D eigenvalue weighted by Crippen LogP contribution is -2.52. The van der Waals surface area contributed by atoms with Gasteiger partial charge in [-0.2, -0.15) is 0 Å². The standard InChI is InChI=1S/C14H20O4S/c15-10(7-6-9-4-2-1-3-5-9)14-13(17)11(16)8-12(19)18-14/h1-5,10-17,19H,6-8H2/t10?,11?,12-,13+,14?/m1/s1. The predicted octanol–water partition coefficient (Wildman–Crippen LogP) is 0.747. The van der Waals surface area contributed by atoms with Crippen molar-refractivity contribution >= 4 is 12.6 Å². The van der Waals surface area contributed by atoms with Crippen LogP contribution in [0.1, 0.15) is 18.4 Å². The summed E-state index contributed by atoms with van der Waals surface area (Å²) in [4.78, 5) is 0. The van der Waals surface area contributed by atoms with Crippen LogP contribution >= 0.6 is 12.6 Å². The van der Waals surface area contributed by atoms with E-state index in [0.717, 1.165) is 5.56 Å². The van der Waals surface area contributed by atoms with E-state index in [1.165, 1.54) is 0 Å². The number of aryl methyl sites for hydroxylation is 1. The number of aliphatic hydroxyl groups is 3. The molecule has 1 aliphatic heterocycles. The van der Waals surface area contributed by atoms with Crippen LogP contribution in [-0.4, -0.2) is 45.2 Å². The van der Waals surface area contributed by atoms with E-state index in [9.17, 15) is 15.3 Å². The zero-order valence-electron chi connectivity index (χ0n) is 10.6. The Labute approximate surface area is 118 Å². The summed E-state index contributed by atoms with van der Waals surface area (Å²) in [7, 11) is 0. The van der Waals surface area contributed by atoms with Crippen LogP contribution in [0.3, 0.4) is 0 Å². The van der Waals surface area contributed by atoms with Crippen molar-refractivity contribution in [3.05, 3.63) is 35.9 Å². The van der Waals surface area contributed by atoms with Crippen molar-refractivity contribution in [3.63, 3.8) is 0 Å². The van der Waals surface area contributed by atoms with E-state index in [-0.39, 0.29) is 6.42 Å². The molecule has 1 aromatic carbocycles. The summed E-state index contributed by atoms with van der Waals surface area (Å²) in [6.07, 6.45) is -2.12. The highest BCUT2D eigenvalue weighted by atomic mass is 32.1. The van der Waals surface area contributed by atoms with Gasteiger partial charge in [0.15, 0.2) is 0 Å². The van der Waals surface area contributed by atoms with Gasteiger partial charge < -0.3 is 20.1 Å². The quantitative estimate of drug-likeness (QED) is 0.616. The zero-order valence-corrected chi connectivity index (χ0v) is 11.5. The van der Waals surface area contributed by atoms with Crippen LogP contribution in [-0.2, 0) is 11.2 Å². The Morgan fingerprint density at radius 3 is 2.63 bits per heavy atom. The third-order valence-corrected chi connectivity index (χ3v) is 3.77. The fourth-order valence-corrected chi connectivity index (χ4v) is 2.68. The number of ether oxygens (including phenoxy) is 1. The highest BCUT2D eigenvalue weighted by Crippen LogP contribution is 2.26. The molecule has 19 heavy (non-hydrogen) atoms. The van der Waals surface area contributed by atoms with Crippen molar-refractivity contribution in [2.24, 2.45) is 0 Å². The van der Waals surface area contributed by atoms with Gasteiger partial charge in [-0.05, 0) is 18.4 Å². The minimum absolute atomic E-state index is 0.270. The Hall–Kier alpha value is -0.590. The number of hydrogen-bond acceptors (Lipinski definition) is 5. The van der Waals surface area contributed by atoms with E-state index in [4.69, 9.17) is 4.74 Å². The summed E-state index contributed by atoms with van der Waals surface area (Å²) in [6, 6.07) is 9.81. The summed E-state index contributed by atoms with van der Waals surface area (Å²) < 4.78 is 5.42. The molecule has 5 atom stereocenters. The molecule has 106 valence electrons. The van der Waals surface area contributed by atoms with Crippen molar-refractivity contribution in [1.29, 1.82) is 0 Å². The van der Waals surface area contributed by atoms with E-state index in [2.05, 4.69) is 12.6 Å². The van der Waals surface area contributed by atoms with Crippen LogP contribution in [0, 0.1) is 0 Å². The smallest absolute Gasteiger partial charge is 0.113 e. The van der Waals surface area contributed by atoms with Gasteiger partial charge in [0.05, 0.1) is 12.2 Å². The average molecular weight is 284 g/mol. The average Bonchev–Trinajstić information content (AvgIpc) is 2.41. The topological polar surface area (TPSA) is 69.9 Å². The van der Waals surface area contributed by atoms with Gasteiger partial charge in [-0.15, -0.1) is 12.6 Å². The summed E-state index contributed by atoms with van der Waals surface area (Å²) in [5.41, 5.74) is 0.671. The van der Waals surface area contributed by atoms with Crippen molar-refractivity contribution < 1.29 is 20.1 Å². The number of benzene rings is 1. The van der Waals surface area contributed by atoms with E-state index in [0.29, 0.717) is 12.8 Å². The lowest BCUT2D eigenvalue weighted by Gasteiger charge is -2.37. The molecule has 0 aromatic heterocycles. The Morgan fingerprint density at radius 1 is 1.26 bits per heavy atom. The second-order valence-electron chi connectivity index (χ2n) is 4.94. The third kappa shape index (κ3) is 3.94. The van der Waals surface area contributed by atoms with E-state index in [1.807, 2.05) is 30.3 Å². The molecule has 0 spiro atoms. The van der Waals surface area contributed by atoms with Crippen LogP contribution < -0.4 is 0 Å². The molecule has 1 saturated heterocycles. The Morgan fingerprint density at radius 2 is 1.95 bits per heavy atom. The summed E-state index contributed by atoms with van der Waals surface area (Å²) >= 11 is 4.15. The van der Waals surface area contributed by atoms with Gasteiger partial charge in [-0.3, -0.25) is 0 Å². The number of aliphatic hydroxyl groups excluding tert-OH is 3. The minimum Gasteiger partial charge on any atom is -0.390 e. The van der Waals surface area contributed by atoms with Gasteiger partial charge >= 0.3 is 0 Å². The normalized spacial score (nSPS) is 33.1. The summed E-state index contributed by atoms with van der Waals surface area (Å²) in [5.74, 6) is 0. The van der Waals surface area contributed by atoms with Crippen molar-refractivity contribution in [1.82, 2.24) is 0 Å². The Balaban J connectivity index is 1.90. The molecule has 0 saturated carbocycles. The first kappa shape index (κ1) is 14.8. The lowest BCUT2D eigenvalue weighted by atomic mass is 9.94. The molecule has 1 aliphatic rings. The second kappa shape index (κ2) is 6.72. The van der Waals surface area contributed by atoms with Crippen LogP contribution in [0.15, 0.2) is 30.3 Å². The highest BCUT2D eigenvalue weighted by Gasteiger charge is 2.39. The Kier molecular flexibility index (Phi) is 5.24. The molecular weight excluding hydrogens is 264 g/mol. The van der Waals surface area contributed by atoms with E-state index in [1.54, 1.807) is 0 Å². The first-order valence-corrected chi connectivity index (χ1v) is 7.01. The molecule has 3 N–H and O–H groups in total. The van der Waals surface area contributed by atoms with Crippen LogP contribution in [0.4, 0.5) is 0 Å². The van der Waals surface area contributed by atoms with Gasteiger partial charge in [-0.1, -0.05) is 30.3 Å². The maximum absolute atomic E-state index is 10.1. The molecule has 5 heteroatoms. The van der Waals surface area contributed by atoms with Crippen molar-refractivity contribution in [2.45, 2.75) is 49.1 Å². The molecule has 1 fully saturated rings.